The topological polar surface area (TPSA) is 27.7 Å². The molecule has 0 fully saturated rings. The Balaban J connectivity index is 3.16. The third-order valence-corrected chi connectivity index (χ3v) is 6.03. The van der Waals surface area contributed by atoms with Gasteiger partial charge < -0.3 is 13.3 Å². The summed E-state index contributed by atoms with van der Waals surface area (Å²) < 4.78 is 92.0. The fourth-order valence-electron chi connectivity index (χ4n) is 2.02. The lowest BCUT2D eigenvalue weighted by Gasteiger charge is -2.24. The normalized spacial score (nSPS) is 13.4. The van der Waals surface area contributed by atoms with E-state index in [-0.39, 0.29) is 24.1 Å². The molecule has 0 aliphatic heterocycles. The molecule has 10 heteroatoms. The minimum absolute atomic E-state index is 0.0507. The van der Waals surface area contributed by atoms with E-state index in [1.165, 1.54) is 21.3 Å². The second kappa shape index (κ2) is 7.20. The van der Waals surface area contributed by atoms with Gasteiger partial charge >= 0.3 is 21.2 Å². The van der Waals surface area contributed by atoms with Crippen LogP contribution in [0.1, 0.15) is 16.7 Å². The molecule has 0 saturated carbocycles. The molecule has 23 heavy (non-hydrogen) atoms. The zero-order valence-corrected chi connectivity index (χ0v) is 13.6. The maximum Gasteiger partial charge on any atom is 0.500 e. The molecule has 1 aromatic carbocycles. The van der Waals surface area contributed by atoms with E-state index in [1.54, 1.807) is 0 Å². The lowest BCUT2D eigenvalue weighted by molar-refractivity contribution is -0.143. The third kappa shape index (κ3) is 5.20. The number of hydrogen-bond acceptors (Lipinski definition) is 3. The summed E-state index contributed by atoms with van der Waals surface area (Å²) in [5, 5.41) is 0. The second-order valence-electron chi connectivity index (χ2n) is 4.71. The van der Waals surface area contributed by atoms with Gasteiger partial charge in [-0.05, 0) is 30.2 Å². The van der Waals surface area contributed by atoms with Crippen molar-refractivity contribution in [2.24, 2.45) is 0 Å². The van der Waals surface area contributed by atoms with Gasteiger partial charge in [0.25, 0.3) is 0 Å². The number of aryl methyl sites for hydroxylation is 1. The summed E-state index contributed by atoms with van der Waals surface area (Å²) in [6.07, 6.45) is -9.84. The van der Waals surface area contributed by atoms with Crippen molar-refractivity contribution in [2.45, 2.75) is 24.8 Å². The molecule has 0 amide bonds. The number of halogens is 6. The highest BCUT2D eigenvalue weighted by Gasteiger charge is 2.39. The van der Waals surface area contributed by atoms with Crippen LogP contribution in [0.2, 0.25) is 6.04 Å². The monoisotopic (exact) mass is 362 g/mol. The number of rotatable bonds is 6. The highest BCUT2D eigenvalue weighted by Crippen LogP contribution is 2.36. The van der Waals surface area contributed by atoms with Crippen LogP contribution in [0.4, 0.5) is 26.3 Å². The first-order valence-corrected chi connectivity index (χ1v) is 8.34. The molecule has 3 nitrogen and oxygen atoms in total. The van der Waals surface area contributed by atoms with E-state index in [4.69, 9.17) is 13.3 Å². The van der Waals surface area contributed by atoms with Gasteiger partial charge in [0.1, 0.15) is 0 Å². The van der Waals surface area contributed by atoms with Crippen molar-refractivity contribution in [3.8, 4) is 0 Å². The molecule has 132 valence electrons. The Morgan fingerprint density at radius 3 is 1.48 bits per heavy atom. The molecule has 0 bridgehead atoms. The molecule has 0 aromatic heterocycles. The standard InChI is InChI=1S/C13H16F6O3Si/c1-20-23(21-2,22-3)5-4-9-6-10(12(14,15)16)8-11(7-9)13(17,18)19/h6-8H,4-5H2,1-3H3. The van der Waals surface area contributed by atoms with Gasteiger partial charge in [0.2, 0.25) is 0 Å². The molecular weight excluding hydrogens is 346 g/mol. The molecule has 0 spiro atoms. The van der Waals surface area contributed by atoms with Gasteiger partial charge in [0.05, 0.1) is 11.1 Å². The predicted octanol–water partition coefficient (Wildman–Crippen LogP) is 4.14. The van der Waals surface area contributed by atoms with Crippen molar-refractivity contribution >= 4 is 8.80 Å². The highest BCUT2D eigenvalue weighted by atomic mass is 28.4. The maximum atomic E-state index is 12.8. The van der Waals surface area contributed by atoms with E-state index in [0.717, 1.165) is 0 Å². The highest BCUT2D eigenvalue weighted by molar-refractivity contribution is 6.60. The second-order valence-corrected chi connectivity index (χ2v) is 7.80. The van der Waals surface area contributed by atoms with E-state index >= 15 is 0 Å². The zero-order chi connectivity index (χ0) is 17.9. The van der Waals surface area contributed by atoms with Gasteiger partial charge in [-0.3, -0.25) is 0 Å². The average Bonchev–Trinajstić information content (AvgIpc) is 2.47. The third-order valence-electron chi connectivity index (χ3n) is 3.30. The first kappa shape index (κ1) is 19.9. The molecule has 1 rings (SSSR count). The summed E-state index contributed by atoms with van der Waals surface area (Å²) >= 11 is 0. The van der Waals surface area contributed by atoms with E-state index in [0.29, 0.717) is 12.1 Å². The summed E-state index contributed by atoms with van der Waals surface area (Å²) in [6.45, 7) is 0. The Morgan fingerprint density at radius 1 is 0.783 bits per heavy atom. The smallest absolute Gasteiger partial charge is 0.377 e. The van der Waals surface area contributed by atoms with Crippen LogP contribution in [0.15, 0.2) is 18.2 Å². The predicted molar refractivity (Wildman–Crippen MR) is 71.7 cm³/mol. The molecule has 0 saturated heterocycles. The minimum Gasteiger partial charge on any atom is -0.377 e. The molecule has 0 atom stereocenters. The molecular formula is C13H16F6O3Si. The fraction of sp³-hybridized carbons (Fsp3) is 0.538. The Hall–Kier alpha value is -1.10. The van der Waals surface area contributed by atoms with Gasteiger partial charge in [0.15, 0.2) is 0 Å². The molecule has 0 N–H and O–H groups in total. The lowest BCUT2D eigenvalue weighted by atomic mass is 10.0. The van der Waals surface area contributed by atoms with Gasteiger partial charge in [0, 0.05) is 27.4 Å². The van der Waals surface area contributed by atoms with Crippen LogP contribution in [-0.4, -0.2) is 30.1 Å². The molecule has 0 aliphatic carbocycles. The van der Waals surface area contributed by atoms with Crippen LogP contribution in [0.3, 0.4) is 0 Å². The van der Waals surface area contributed by atoms with Gasteiger partial charge in [-0.2, -0.15) is 26.3 Å². The van der Waals surface area contributed by atoms with Crippen molar-refractivity contribution in [1.29, 1.82) is 0 Å². The zero-order valence-electron chi connectivity index (χ0n) is 12.6. The van der Waals surface area contributed by atoms with Gasteiger partial charge in [-0.1, -0.05) is 0 Å². The van der Waals surface area contributed by atoms with Crippen molar-refractivity contribution in [1.82, 2.24) is 0 Å². The van der Waals surface area contributed by atoms with Crippen molar-refractivity contribution in [3.05, 3.63) is 34.9 Å². The average molecular weight is 362 g/mol. The molecule has 0 radical (unpaired) electrons. The number of hydrogen-bond donors (Lipinski definition) is 0. The Labute approximate surface area is 130 Å². The summed E-state index contributed by atoms with van der Waals surface area (Å²) in [4.78, 5) is 0. The Morgan fingerprint density at radius 2 is 1.17 bits per heavy atom. The maximum absolute atomic E-state index is 12.8. The van der Waals surface area contributed by atoms with Gasteiger partial charge in [-0.15, -0.1) is 0 Å². The van der Waals surface area contributed by atoms with Crippen LogP contribution < -0.4 is 0 Å². The summed E-state index contributed by atoms with van der Waals surface area (Å²) in [7, 11) is 0.847. The molecule has 0 unspecified atom stereocenters. The molecule has 0 heterocycles. The van der Waals surface area contributed by atoms with Gasteiger partial charge in [-0.25, -0.2) is 0 Å². The first-order valence-electron chi connectivity index (χ1n) is 6.41. The van der Waals surface area contributed by atoms with Crippen LogP contribution in [0, 0.1) is 0 Å². The minimum atomic E-state index is -4.87. The van der Waals surface area contributed by atoms with E-state index in [9.17, 15) is 26.3 Å². The molecule has 0 aliphatic rings. The van der Waals surface area contributed by atoms with Crippen molar-refractivity contribution in [2.75, 3.05) is 21.3 Å². The van der Waals surface area contributed by atoms with E-state index in [2.05, 4.69) is 0 Å². The lowest BCUT2D eigenvalue weighted by Crippen LogP contribution is -2.43. The SMILES string of the molecule is CO[Si](CCc1cc(C(F)(F)F)cc(C(F)(F)F)c1)(OC)OC. The quantitative estimate of drug-likeness (QED) is 0.562. The van der Waals surface area contributed by atoms with Crippen molar-refractivity contribution < 1.29 is 39.6 Å². The summed E-state index contributed by atoms with van der Waals surface area (Å²) in [5.74, 6) is 0. The molecule has 1 aromatic rings. The fourth-order valence-corrected chi connectivity index (χ4v) is 3.72. The first-order chi connectivity index (χ1) is 10.5. The van der Waals surface area contributed by atoms with Crippen LogP contribution in [-0.2, 0) is 32.1 Å². The van der Waals surface area contributed by atoms with Crippen LogP contribution in [0.25, 0.3) is 0 Å². The van der Waals surface area contributed by atoms with E-state index < -0.39 is 32.3 Å². The van der Waals surface area contributed by atoms with Crippen LogP contribution in [0.5, 0.6) is 0 Å². The number of alkyl halides is 6. The summed E-state index contributed by atoms with van der Waals surface area (Å²) in [6, 6.07) is 1.52. The Bertz CT molecular complexity index is 485. The summed E-state index contributed by atoms with van der Waals surface area (Å²) in [5.41, 5.74) is -2.81. The van der Waals surface area contributed by atoms with Crippen molar-refractivity contribution in [3.63, 3.8) is 0 Å². The number of benzene rings is 1. The van der Waals surface area contributed by atoms with Crippen LogP contribution >= 0.6 is 0 Å². The van der Waals surface area contributed by atoms with E-state index in [1.807, 2.05) is 0 Å². The largest absolute Gasteiger partial charge is 0.500 e. The Kier molecular flexibility index (Phi) is 6.24.